The Morgan fingerprint density at radius 1 is 1.21 bits per heavy atom. The number of alkyl halides is 2. The number of furan rings is 1. The minimum absolute atomic E-state index is 0.0112. The third-order valence-corrected chi connectivity index (χ3v) is 3.13. The fraction of sp³-hybridized carbons (Fsp3) is 0.250. The number of hydrogen-bond acceptors (Lipinski definition) is 4. The number of ether oxygens (including phenoxy) is 1. The molecule has 0 saturated carbocycles. The Hall–Kier alpha value is -2.90. The molecule has 2 amide bonds. The van der Waals surface area contributed by atoms with Crippen LogP contribution in [0.4, 0.5) is 8.78 Å². The average Bonchev–Trinajstić information content (AvgIpc) is 3.07. The van der Waals surface area contributed by atoms with E-state index in [-0.39, 0.29) is 18.1 Å². The number of amides is 2. The van der Waals surface area contributed by atoms with E-state index < -0.39 is 24.5 Å². The van der Waals surface area contributed by atoms with Crippen LogP contribution in [-0.4, -0.2) is 24.5 Å². The minimum atomic E-state index is -2.95. The van der Waals surface area contributed by atoms with Crippen molar-refractivity contribution in [2.75, 3.05) is 0 Å². The Labute approximate surface area is 136 Å². The Balaban J connectivity index is 1.90. The van der Waals surface area contributed by atoms with E-state index >= 15 is 0 Å². The second-order valence-electron chi connectivity index (χ2n) is 4.88. The molecule has 1 aromatic carbocycles. The van der Waals surface area contributed by atoms with Gasteiger partial charge in [0.05, 0.1) is 6.26 Å². The lowest BCUT2D eigenvalue weighted by Crippen LogP contribution is -2.44. The smallest absolute Gasteiger partial charge is 0.387 e. The number of carbonyl (C=O) groups excluding carboxylic acids is 2. The van der Waals surface area contributed by atoms with Gasteiger partial charge in [0.1, 0.15) is 11.8 Å². The highest BCUT2D eigenvalue weighted by Crippen LogP contribution is 2.19. The van der Waals surface area contributed by atoms with Gasteiger partial charge in [-0.15, -0.1) is 0 Å². The van der Waals surface area contributed by atoms with E-state index in [2.05, 4.69) is 15.4 Å². The number of benzene rings is 1. The number of carbonyl (C=O) groups is 2. The molecule has 0 aliphatic carbocycles. The van der Waals surface area contributed by atoms with Gasteiger partial charge in [0.25, 0.3) is 5.91 Å². The fourth-order valence-electron chi connectivity index (χ4n) is 1.94. The van der Waals surface area contributed by atoms with Crippen LogP contribution < -0.4 is 15.4 Å². The van der Waals surface area contributed by atoms with Crippen molar-refractivity contribution in [2.24, 2.45) is 0 Å². The molecular weight excluding hydrogens is 322 g/mol. The third kappa shape index (κ3) is 4.80. The van der Waals surface area contributed by atoms with Gasteiger partial charge in [-0.1, -0.05) is 18.2 Å². The van der Waals surface area contributed by atoms with Crippen LogP contribution in [0.3, 0.4) is 0 Å². The lowest BCUT2D eigenvalue weighted by atomic mass is 10.2. The molecule has 0 saturated heterocycles. The Morgan fingerprint density at radius 3 is 2.62 bits per heavy atom. The Bertz CT molecular complexity index is 689. The summed E-state index contributed by atoms with van der Waals surface area (Å²) in [6.07, 6.45) is 1.35. The Morgan fingerprint density at radius 2 is 1.96 bits per heavy atom. The van der Waals surface area contributed by atoms with Crippen LogP contribution in [-0.2, 0) is 11.3 Å². The van der Waals surface area contributed by atoms with E-state index in [1.807, 2.05) is 0 Å². The molecule has 0 aliphatic rings. The molecule has 1 aromatic heterocycles. The van der Waals surface area contributed by atoms with Crippen molar-refractivity contribution < 1.29 is 27.5 Å². The second-order valence-corrected chi connectivity index (χ2v) is 4.88. The molecule has 0 aliphatic heterocycles. The first-order valence-corrected chi connectivity index (χ1v) is 7.12. The SMILES string of the molecule is C[C@@H](NC(=O)c1ccco1)C(=O)NCc1ccccc1OC(F)F. The van der Waals surface area contributed by atoms with Gasteiger partial charge >= 0.3 is 6.61 Å². The fourth-order valence-corrected chi connectivity index (χ4v) is 1.94. The molecule has 0 unspecified atom stereocenters. The molecule has 6 nitrogen and oxygen atoms in total. The van der Waals surface area contributed by atoms with Crippen LogP contribution >= 0.6 is 0 Å². The molecule has 0 bridgehead atoms. The van der Waals surface area contributed by atoms with Crippen LogP contribution in [0.1, 0.15) is 23.0 Å². The summed E-state index contributed by atoms with van der Waals surface area (Å²) in [4.78, 5) is 23.8. The molecule has 1 atom stereocenters. The molecule has 128 valence electrons. The molecular formula is C16H16F2N2O4. The third-order valence-electron chi connectivity index (χ3n) is 3.13. The lowest BCUT2D eigenvalue weighted by molar-refractivity contribution is -0.122. The number of hydrogen-bond donors (Lipinski definition) is 2. The molecule has 2 rings (SSSR count). The highest BCUT2D eigenvalue weighted by Gasteiger charge is 2.18. The first-order chi connectivity index (χ1) is 11.5. The maximum atomic E-state index is 12.3. The topological polar surface area (TPSA) is 80.6 Å². The minimum Gasteiger partial charge on any atom is -0.459 e. The molecule has 2 N–H and O–H groups in total. The largest absolute Gasteiger partial charge is 0.459 e. The summed E-state index contributed by atoms with van der Waals surface area (Å²) in [5.41, 5.74) is 0.399. The Kier molecular flexibility index (Phi) is 5.89. The predicted octanol–water partition coefficient (Wildman–Crippen LogP) is 2.32. The average molecular weight is 338 g/mol. The van der Waals surface area contributed by atoms with Crippen LogP contribution in [0, 0.1) is 0 Å². The van der Waals surface area contributed by atoms with Crippen molar-refractivity contribution >= 4 is 11.8 Å². The van der Waals surface area contributed by atoms with Crippen molar-refractivity contribution in [1.82, 2.24) is 10.6 Å². The van der Waals surface area contributed by atoms with E-state index in [9.17, 15) is 18.4 Å². The zero-order valence-electron chi connectivity index (χ0n) is 12.8. The highest BCUT2D eigenvalue weighted by atomic mass is 19.3. The summed E-state index contributed by atoms with van der Waals surface area (Å²) in [5.74, 6) is -0.920. The van der Waals surface area contributed by atoms with Gasteiger partial charge in [0.2, 0.25) is 5.91 Å². The summed E-state index contributed by atoms with van der Waals surface area (Å²) < 4.78 is 34.0. The number of nitrogens with one attached hydrogen (secondary N) is 2. The number of rotatable bonds is 7. The van der Waals surface area contributed by atoms with E-state index in [4.69, 9.17) is 4.42 Å². The van der Waals surface area contributed by atoms with E-state index in [1.165, 1.54) is 25.3 Å². The molecule has 0 spiro atoms. The van der Waals surface area contributed by atoms with E-state index in [0.717, 1.165) is 0 Å². The van der Waals surface area contributed by atoms with Crippen molar-refractivity contribution in [3.8, 4) is 5.75 Å². The zero-order chi connectivity index (χ0) is 17.5. The van der Waals surface area contributed by atoms with Crippen LogP contribution in [0.5, 0.6) is 5.75 Å². The standard InChI is InChI=1S/C16H16F2N2O4/c1-10(20-15(22)13-7-4-8-23-13)14(21)19-9-11-5-2-3-6-12(11)24-16(17)18/h2-8,10,16H,9H2,1H3,(H,19,21)(H,20,22)/t10-/m1/s1. The molecule has 24 heavy (non-hydrogen) atoms. The van der Waals surface area contributed by atoms with Crippen LogP contribution in [0.15, 0.2) is 47.1 Å². The molecule has 1 heterocycles. The summed E-state index contributed by atoms with van der Waals surface area (Å²) in [7, 11) is 0. The number of halogens is 2. The predicted molar refractivity (Wildman–Crippen MR) is 80.6 cm³/mol. The first-order valence-electron chi connectivity index (χ1n) is 7.12. The quantitative estimate of drug-likeness (QED) is 0.812. The first kappa shape index (κ1) is 17.5. The van der Waals surface area contributed by atoms with Gasteiger partial charge < -0.3 is 19.8 Å². The molecule has 2 aromatic rings. The van der Waals surface area contributed by atoms with Crippen LogP contribution in [0.2, 0.25) is 0 Å². The second kappa shape index (κ2) is 8.09. The van der Waals surface area contributed by atoms with Crippen molar-refractivity contribution in [1.29, 1.82) is 0 Å². The van der Waals surface area contributed by atoms with Gasteiger partial charge in [-0.3, -0.25) is 9.59 Å². The summed E-state index contributed by atoms with van der Waals surface area (Å²) in [6.45, 7) is -1.46. The van der Waals surface area contributed by atoms with Gasteiger partial charge in [-0.2, -0.15) is 8.78 Å². The highest BCUT2D eigenvalue weighted by molar-refractivity contribution is 5.95. The van der Waals surface area contributed by atoms with Crippen molar-refractivity contribution in [3.05, 3.63) is 54.0 Å². The van der Waals surface area contributed by atoms with Crippen molar-refractivity contribution in [3.63, 3.8) is 0 Å². The summed E-state index contributed by atoms with van der Waals surface area (Å²) in [5, 5.41) is 5.02. The van der Waals surface area contributed by atoms with E-state index in [0.29, 0.717) is 5.56 Å². The van der Waals surface area contributed by atoms with Gasteiger partial charge in [-0.25, -0.2) is 0 Å². The monoisotopic (exact) mass is 338 g/mol. The van der Waals surface area contributed by atoms with E-state index in [1.54, 1.807) is 24.3 Å². The lowest BCUT2D eigenvalue weighted by Gasteiger charge is -2.15. The maximum Gasteiger partial charge on any atom is 0.387 e. The maximum absolute atomic E-state index is 12.3. The van der Waals surface area contributed by atoms with Gasteiger partial charge in [0, 0.05) is 12.1 Å². The number of para-hydroxylation sites is 1. The van der Waals surface area contributed by atoms with Gasteiger partial charge in [-0.05, 0) is 25.1 Å². The molecule has 0 fully saturated rings. The summed E-state index contributed by atoms with van der Waals surface area (Å²) in [6, 6.07) is 8.33. The molecule has 0 radical (unpaired) electrons. The van der Waals surface area contributed by atoms with Crippen molar-refractivity contribution in [2.45, 2.75) is 26.1 Å². The van der Waals surface area contributed by atoms with Crippen LogP contribution in [0.25, 0.3) is 0 Å². The zero-order valence-corrected chi connectivity index (χ0v) is 12.8. The van der Waals surface area contributed by atoms with Gasteiger partial charge in [0.15, 0.2) is 5.76 Å². The summed E-state index contributed by atoms with van der Waals surface area (Å²) >= 11 is 0. The molecule has 8 heteroatoms. The normalized spacial score (nSPS) is 11.8.